The van der Waals surface area contributed by atoms with E-state index in [0.29, 0.717) is 0 Å². The monoisotopic (exact) mass is 137 g/mol. The molecule has 0 unspecified atom stereocenters. The fraction of sp³-hybridized carbons (Fsp3) is 0.556. The Morgan fingerprint density at radius 1 is 1.60 bits per heavy atom. The van der Waals surface area contributed by atoms with Crippen LogP contribution in [0.3, 0.4) is 0 Å². The molecular weight excluding hydrogens is 122 g/mol. The van der Waals surface area contributed by atoms with Crippen molar-refractivity contribution >= 4 is 0 Å². The summed E-state index contributed by atoms with van der Waals surface area (Å²) in [5, 5.41) is 0. The van der Waals surface area contributed by atoms with E-state index in [4.69, 9.17) is 5.73 Å². The average molecular weight is 137 g/mol. The van der Waals surface area contributed by atoms with Crippen LogP contribution in [-0.2, 0) is 0 Å². The van der Waals surface area contributed by atoms with Gasteiger partial charge in [0.25, 0.3) is 0 Å². The summed E-state index contributed by atoms with van der Waals surface area (Å²) in [6.07, 6.45) is 8.54. The van der Waals surface area contributed by atoms with Crippen LogP contribution >= 0.6 is 0 Å². The molecule has 0 aromatic rings. The van der Waals surface area contributed by atoms with Crippen LogP contribution in [0, 0.1) is 0 Å². The SMILES string of the molecule is CC(C)(N)CC1=CC=CC1. The van der Waals surface area contributed by atoms with E-state index in [1.165, 1.54) is 5.57 Å². The summed E-state index contributed by atoms with van der Waals surface area (Å²) in [5.41, 5.74) is 7.25. The lowest BCUT2D eigenvalue weighted by atomic mass is 9.96. The van der Waals surface area contributed by atoms with Crippen molar-refractivity contribution in [3.05, 3.63) is 23.8 Å². The Bertz CT molecular complexity index is 170. The molecule has 1 aliphatic rings. The van der Waals surface area contributed by atoms with Gasteiger partial charge in [0.1, 0.15) is 0 Å². The van der Waals surface area contributed by atoms with E-state index in [9.17, 15) is 0 Å². The second-order valence-electron chi connectivity index (χ2n) is 3.62. The highest BCUT2D eigenvalue weighted by atomic mass is 14.7. The molecule has 0 saturated carbocycles. The van der Waals surface area contributed by atoms with Gasteiger partial charge < -0.3 is 5.73 Å². The Balaban J connectivity index is 2.41. The van der Waals surface area contributed by atoms with Crippen molar-refractivity contribution in [2.75, 3.05) is 0 Å². The highest BCUT2D eigenvalue weighted by molar-refractivity contribution is 5.24. The van der Waals surface area contributed by atoms with E-state index in [1.807, 2.05) is 0 Å². The lowest BCUT2D eigenvalue weighted by Gasteiger charge is -2.18. The lowest BCUT2D eigenvalue weighted by Crippen LogP contribution is -2.31. The Labute approximate surface area is 62.6 Å². The molecule has 0 heterocycles. The van der Waals surface area contributed by atoms with Crippen molar-refractivity contribution in [1.82, 2.24) is 0 Å². The van der Waals surface area contributed by atoms with Crippen molar-refractivity contribution in [2.45, 2.75) is 32.2 Å². The van der Waals surface area contributed by atoms with Crippen LogP contribution in [0.5, 0.6) is 0 Å². The first-order valence-electron chi connectivity index (χ1n) is 3.71. The Morgan fingerprint density at radius 2 is 2.30 bits per heavy atom. The summed E-state index contributed by atoms with van der Waals surface area (Å²) in [7, 11) is 0. The first-order chi connectivity index (χ1) is 4.58. The molecule has 56 valence electrons. The number of rotatable bonds is 2. The normalized spacial score (nSPS) is 17.7. The Hall–Kier alpha value is -0.560. The first-order valence-corrected chi connectivity index (χ1v) is 3.71. The van der Waals surface area contributed by atoms with Gasteiger partial charge in [0.05, 0.1) is 0 Å². The lowest BCUT2D eigenvalue weighted by molar-refractivity contribution is 0.511. The molecule has 0 radical (unpaired) electrons. The molecule has 0 spiro atoms. The molecule has 2 N–H and O–H groups in total. The maximum absolute atomic E-state index is 5.85. The quantitative estimate of drug-likeness (QED) is 0.619. The van der Waals surface area contributed by atoms with Crippen LogP contribution in [-0.4, -0.2) is 5.54 Å². The van der Waals surface area contributed by atoms with E-state index in [2.05, 4.69) is 32.1 Å². The van der Waals surface area contributed by atoms with E-state index in [0.717, 1.165) is 12.8 Å². The summed E-state index contributed by atoms with van der Waals surface area (Å²) in [5.74, 6) is 0. The summed E-state index contributed by atoms with van der Waals surface area (Å²) in [6, 6.07) is 0. The van der Waals surface area contributed by atoms with Gasteiger partial charge in [-0.1, -0.05) is 23.8 Å². The molecule has 0 aromatic heterocycles. The molecule has 1 heteroatoms. The maximum Gasteiger partial charge on any atom is 0.0135 e. The van der Waals surface area contributed by atoms with Gasteiger partial charge in [0, 0.05) is 5.54 Å². The van der Waals surface area contributed by atoms with Crippen molar-refractivity contribution in [2.24, 2.45) is 5.73 Å². The smallest absolute Gasteiger partial charge is 0.0135 e. The van der Waals surface area contributed by atoms with Gasteiger partial charge in [-0.25, -0.2) is 0 Å². The molecule has 1 nitrogen and oxygen atoms in total. The highest BCUT2D eigenvalue weighted by Crippen LogP contribution is 2.19. The van der Waals surface area contributed by atoms with Gasteiger partial charge >= 0.3 is 0 Å². The average Bonchev–Trinajstić information content (AvgIpc) is 2.12. The largest absolute Gasteiger partial charge is 0.325 e. The van der Waals surface area contributed by atoms with E-state index in [1.54, 1.807) is 0 Å². The van der Waals surface area contributed by atoms with Crippen molar-refractivity contribution in [3.8, 4) is 0 Å². The van der Waals surface area contributed by atoms with E-state index >= 15 is 0 Å². The van der Waals surface area contributed by atoms with E-state index in [-0.39, 0.29) is 5.54 Å². The predicted octanol–water partition coefficient (Wildman–Crippen LogP) is 2.00. The third kappa shape index (κ3) is 2.36. The van der Waals surface area contributed by atoms with Gasteiger partial charge in [-0.3, -0.25) is 0 Å². The van der Waals surface area contributed by atoms with Gasteiger partial charge in [-0.15, -0.1) is 0 Å². The van der Waals surface area contributed by atoms with Crippen LogP contribution in [0.25, 0.3) is 0 Å². The summed E-state index contributed by atoms with van der Waals surface area (Å²) in [6.45, 7) is 4.12. The van der Waals surface area contributed by atoms with Gasteiger partial charge in [-0.2, -0.15) is 0 Å². The van der Waals surface area contributed by atoms with Gasteiger partial charge in [0.15, 0.2) is 0 Å². The zero-order valence-corrected chi connectivity index (χ0v) is 6.72. The van der Waals surface area contributed by atoms with Gasteiger partial charge in [0.2, 0.25) is 0 Å². The number of nitrogens with two attached hydrogens (primary N) is 1. The third-order valence-corrected chi connectivity index (χ3v) is 1.53. The molecule has 0 aromatic carbocycles. The van der Waals surface area contributed by atoms with Crippen LogP contribution < -0.4 is 5.73 Å². The molecule has 10 heavy (non-hydrogen) atoms. The fourth-order valence-electron chi connectivity index (χ4n) is 1.21. The second kappa shape index (κ2) is 2.59. The molecule has 1 aliphatic carbocycles. The zero-order chi connectivity index (χ0) is 7.61. The molecule has 0 saturated heterocycles. The third-order valence-electron chi connectivity index (χ3n) is 1.53. The highest BCUT2D eigenvalue weighted by Gasteiger charge is 2.13. The Kier molecular flexibility index (Phi) is 1.95. The summed E-state index contributed by atoms with van der Waals surface area (Å²) in [4.78, 5) is 0. The maximum atomic E-state index is 5.85. The minimum absolute atomic E-state index is 0.0438. The van der Waals surface area contributed by atoms with Crippen LogP contribution in [0.15, 0.2) is 23.8 Å². The second-order valence-corrected chi connectivity index (χ2v) is 3.62. The standard InChI is InChI=1S/C9H15N/c1-9(2,10)7-8-5-3-4-6-8/h3-5H,6-7,10H2,1-2H3. The van der Waals surface area contributed by atoms with Gasteiger partial charge in [-0.05, 0) is 26.7 Å². The minimum atomic E-state index is -0.0438. The Morgan fingerprint density at radius 3 is 2.70 bits per heavy atom. The number of hydrogen-bond acceptors (Lipinski definition) is 1. The fourth-order valence-corrected chi connectivity index (χ4v) is 1.21. The van der Waals surface area contributed by atoms with Crippen LogP contribution in [0.4, 0.5) is 0 Å². The molecule has 0 amide bonds. The van der Waals surface area contributed by atoms with Crippen LogP contribution in [0.1, 0.15) is 26.7 Å². The van der Waals surface area contributed by atoms with Crippen molar-refractivity contribution in [1.29, 1.82) is 0 Å². The molecular formula is C9H15N. The molecule has 0 fully saturated rings. The number of hydrogen-bond donors (Lipinski definition) is 1. The van der Waals surface area contributed by atoms with E-state index < -0.39 is 0 Å². The summed E-state index contributed by atoms with van der Waals surface area (Å²) < 4.78 is 0. The zero-order valence-electron chi connectivity index (χ0n) is 6.72. The molecule has 1 rings (SSSR count). The first kappa shape index (κ1) is 7.55. The predicted molar refractivity (Wildman–Crippen MR) is 44.7 cm³/mol. The topological polar surface area (TPSA) is 26.0 Å². The molecule has 0 aliphatic heterocycles. The summed E-state index contributed by atoms with van der Waals surface area (Å²) >= 11 is 0. The van der Waals surface area contributed by atoms with Crippen LogP contribution in [0.2, 0.25) is 0 Å². The van der Waals surface area contributed by atoms with Crippen molar-refractivity contribution < 1.29 is 0 Å². The van der Waals surface area contributed by atoms with Crippen molar-refractivity contribution in [3.63, 3.8) is 0 Å². The number of allylic oxidation sites excluding steroid dienone is 3. The molecule has 0 atom stereocenters. The molecule has 0 bridgehead atoms. The minimum Gasteiger partial charge on any atom is -0.325 e.